The van der Waals surface area contributed by atoms with Gasteiger partial charge in [0, 0.05) is 19.3 Å². The summed E-state index contributed by atoms with van der Waals surface area (Å²) in [5, 5.41) is 31.5. The minimum atomic E-state index is -1.92. The summed E-state index contributed by atoms with van der Waals surface area (Å²) in [7, 11) is 0. The van der Waals surface area contributed by atoms with E-state index in [1.165, 1.54) is 19.3 Å². The lowest BCUT2D eigenvalue weighted by molar-refractivity contribution is -0.301. The number of carbonyl (C=O) groups excluding carboxylic acids is 3. The van der Waals surface area contributed by atoms with E-state index in [9.17, 15) is 34.5 Å². The van der Waals surface area contributed by atoms with Crippen LogP contribution in [0.1, 0.15) is 226 Å². The van der Waals surface area contributed by atoms with E-state index in [4.69, 9.17) is 23.7 Å². The van der Waals surface area contributed by atoms with E-state index in [0.29, 0.717) is 25.7 Å². The number of aliphatic hydroxyl groups excluding tert-OH is 2. The van der Waals surface area contributed by atoms with Gasteiger partial charge in [0.2, 0.25) is 0 Å². The van der Waals surface area contributed by atoms with Gasteiger partial charge in [-0.1, -0.05) is 206 Å². The number of carboxylic acids is 1. The first-order valence-corrected chi connectivity index (χ1v) is 30.5. The highest BCUT2D eigenvalue weighted by Gasteiger charge is 2.50. The first-order valence-electron chi connectivity index (χ1n) is 30.5. The Balaban J connectivity index is 2.74. The van der Waals surface area contributed by atoms with Gasteiger partial charge >= 0.3 is 23.9 Å². The number of aliphatic hydroxyl groups is 2. The van der Waals surface area contributed by atoms with Gasteiger partial charge < -0.3 is 39.0 Å². The molecule has 0 radical (unpaired) electrons. The first-order chi connectivity index (χ1) is 38.6. The van der Waals surface area contributed by atoms with Crippen LogP contribution in [-0.4, -0.2) is 89.2 Å². The number of esters is 3. The van der Waals surface area contributed by atoms with Crippen LogP contribution in [0.25, 0.3) is 0 Å². The second kappa shape index (κ2) is 53.7. The molecule has 0 bridgehead atoms. The van der Waals surface area contributed by atoms with Crippen molar-refractivity contribution in [2.24, 2.45) is 0 Å². The molecule has 0 aromatic carbocycles. The number of carbonyl (C=O) groups is 4. The van der Waals surface area contributed by atoms with E-state index in [1.54, 1.807) is 0 Å². The van der Waals surface area contributed by atoms with E-state index >= 15 is 0 Å². The lowest BCUT2D eigenvalue weighted by Crippen LogP contribution is -2.61. The van der Waals surface area contributed by atoms with Crippen LogP contribution in [0.2, 0.25) is 0 Å². The fraction of sp³-hybridized carbons (Fsp3) is 0.642. The summed E-state index contributed by atoms with van der Waals surface area (Å²) in [6.45, 7) is 5.67. The number of allylic oxidation sites excluding steroid dienone is 20. The molecular formula is C67H106O12. The van der Waals surface area contributed by atoms with Crippen LogP contribution >= 0.6 is 0 Å². The monoisotopic (exact) mass is 1100 g/mol. The van der Waals surface area contributed by atoms with Gasteiger partial charge in [0.1, 0.15) is 18.8 Å². The molecule has 6 unspecified atom stereocenters. The standard InChI is InChI=1S/C67H106O12/c1-4-7-10-13-16-19-22-25-28-30-33-35-38-41-44-47-50-53-59(68)75-56-58(77-60(69)54-51-48-45-42-39-36-32-27-24-21-18-15-12-9-6-3)57-76-67-65(63(72)62(71)64(79-67)66(73)74)78-61(70)55-52-49-46-43-40-37-34-31-29-26-23-20-17-14-11-8-5-2/h7-8,10-11,16-21,25-29,32-33,35,41,44,58,62-65,67,71-72H,4-6,9,12-15,22-24,30-31,34,36-40,42-43,45-57H2,1-3H3,(H,73,74)/b10-7-,11-8-,19-16-,20-17-,21-18-,28-25-,29-26-,32-27-,35-33-,44-41-. The predicted octanol–water partition coefficient (Wildman–Crippen LogP) is 16.0. The number of unbranched alkanes of at least 4 members (excludes halogenated alkanes) is 16. The SMILES string of the molecule is CC/C=C\C/C=C\C/C=C\C/C=C\C/C=C\CCCC(=O)OCC(COC1OC(C(=O)O)C(O)C(O)C1OC(=O)CCCCCCCCC/C=C\C/C=C\C/C=C\CC)OC(=O)CCCCCCC/C=C\C/C=C\CCCCC. The molecule has 1 heterocycles. The van der Waals surface area contributed by atoms with Crippen molar-refractivity contribution < 1.29 is 58.2 Å². The van der Waals surface area contributed by atoms with Crippen LogP contribution in [0.3, 0.4) is 0 Å². The minimum Gasteiger partial charge on any atom is -0.479 e. The molecule has 446 valence electrons. The Bertz CT molecular complexity index is 1840. The summed E-state index contributed by atoms with van der Waals surface area (Å²) in [6, 6.07) is 0. The van der Waals surface area contributed by atoms with Crippen LogP contribution in [0.5, 0.6) is 0 Å². The van der Waals surface area contributed by atoms with Crippen LogP contribution in [0.4, 0.5) is 0 Å². The highest BCUT2D eigenvalue weighted by Crippen LogP contribution is 2.26. The summed E-state index contributed by atoms with van der Waals surface area (Å²) < 4.78 is 28.4. The zero-order chi connectivity index (χ0) is 57.5. The number of hydrogen-bond acceptors (Lipinski definition) is 11. The largest absolute Gasteiger partial charge is 0.479 e. The molecule has 12 nitrogen and oxygen atoms in total. The normalized spacial score (nSPS) is 18.7. The fourth-order valence-electron chi connectivity index (χ4n) is 8.39. The van der Waals surface area contributed by atoms with Crippen molar-refractivity contribution >= 4 is 23.9 Å². The molecule has 0 aromatic heterocycles. The quantitative estimate of drug-likeness (QED) is 0.0228. The van der Waals surface area contributed by atoms with Crippen LogP contribution in [0, 0.1) is 0 Å². The van der Waals surface area contributed by atoms with Crippen molar-refractivity contribution in [3.63, 3.8) is 0 Å². The van der Waals surface area contributed by atoms with Crippen molar-refractivity contribution in [3.8, 4) is 0 Å². The van der Waals surface area contributed by atoms with Gasteiger partial charge in [0.15, 0.2) is 24.6 Å². The van der Waals surface area contributed by atoms with Gasteiger partial charge in [-0.2, -0.15) is 0 Å². The second-order valence-electron chi connectivity index (χ2n) is 20.2. The third-order valence-electron chi connectivity index (χ3n) is 13.0. The summed E-state index contributed by atoms with van der Waals surface area (Å²) in [5.74, 6) is -3.24. The van der Waals surface area contributed by atoms with E-state index in [2.05, 4.69) is 136 Å². The highest BCUT2D eigenvalue weighted by atomic mass is 16.7. The van der Waals surface area contributed by atoms with Gasteiger partial charge in [-0.25, -0.2) is 4.79 Å². The Labute approximate surface area is 478 Å². The third kappa shape index (κ3) is 43.6. The van der Waals surface area contributed by atoms with Gasteiger partial charge in [0.25, 0.3) is 0 Å². The average molecular weight is 1100 g/mol. The lowest BCUT2D eigenvalue weighted by atomic mass is 9.98. The minimum absolute atomic E-state index is 0.0357. The number of rotatable bonds is 50. The Kier molecular flexibility index (Phi) is 49.1. The van der Waals surface area contributed by atoms with Crippen LogP contribution in [-0.2, 0) is 42.9 Å². The molecule has 0 amide bonds. The number of hydrogen-bond donors (Lipinski definition) is 3. The molecule has 1 fully saturated rings. The number of carboxylic acid groups (broad SMARTS) is 1. The van der Waals surface area contributed by atoms with Crippen LogP contribution < -0.4 is 0 Å². The molecule has 3 N–H and O–H groups in total. The second-order valence-corrected chi connectivity index (χ2v) is 20.2. The van der Waals surface area contributed by atoms with Gasteiger partial charge in [-0.15, -0.1) is 0 Å². The zero-order valence-electron chi connectivity index (χ0n) is 49.1. The Morgan fingerprint density at radius 3 is 1.25 bits per heavy atom. The third-order valence-corrected chi connectivity index (χ3v) is 13.0. The maximum Gasteiger partial charge on any atom is 0.335 e. The lowest BCUT2D eigenvalue weighted by Gasteiger charge is -2.40. The predicted molar refractivity (Wildman–Crippen MR) is 321 cm³/mol. The summed E-state index contributed by atoms with van der Waals surface area (Å²) >= 11 is 0. The maximum atomic E-state index is 13.2. The molecule has 12 heteroatoms. The van der Waals surface area contributed by atoms with E-state index < -0.39 is 67.3 Å². The molecule has 0 saturated carbocycles. The molecule has 1 aliphatic rings. The zero-order valence-corrected chi connectivity index (χ0v) is 49.1. The average Bonchev–Trinajstić information content (AvgIpc) is 3.47. The summed E-state index contributed by atoms with van der Waals surface area (Å²) in [6.07, 6.45) is 61.6. The molecule has 1 rings (SSSR count). The van der Waals surface area contributed by atoms with E-state index in [-0.39, 0.29) is 25.9 Å². The van der Waals surface area contributed by atoms with Crippen molar-refractivity contribution in [1.29, 1.82) is 0 Å². The molecule has 1 saturated heterocycles. The topological polar surface area (TPSA) is 175 Å². The smallest absolute Gasteiger partial charge is 0.335 e. The van der Waals surface area contributed by atoms with Crippen molar-refractivity contribution in [2.45, 2.75) is 263 Å². The van der Waals surface area contributed by atoms with Crippen LogP contribution in [0.15, 0.2) is 122 Å². The number of aliphatic carboxylic acids is 1. The fourth-order valence-corrected chi connectivity index (χ4v) is 8.39. The highest BCUT2D eigenvalue weighted by molar-refractivity contribution is 5.74. The van der Waals surface area contributed by atoms with Gasteiger partial charge in [0.05, 0.1) is 6.61 Å². The Morgan fingerprint density at radius 1 is 0.430 bits per heavy atom. The van der Waals surface area contributed by atoms with E-state index in [0.717, 1.165) is 141 Å². The summed E-state index contributed by atoms with van der Waals surface area (Å²) in [4.78, 5) is 51.2. The van der Waals surface area contributed by atoms with Gasteiger partial charge in [-0.05, 0) is 122 Å². The summed E-state index contributed by atoms with van der Waals surface area (Å²) in [5.41, 5.74) is 0. The Morgan fingerprint density at radius 2 is 0.810 bits per heavy atom. The molecule has 79 heavy (non-hydrogen) atoms. The van der Waals surface area contributed by atoms with Crippen molar-refractivity contribution in [3.05, 3.63) is 122 Å². The molecule has 6 atom stereocenters. The molecule has 0 spiro atoms. The van der Waals surface area contributed by atoms with Crippen molar-refractivity contribution in [2.75, 3.05) is 13.2 Å². The number of ether oxygens (including phenoxy) is 5. The van der Waals surface area contributed by atoms with Crippen molar-refractivity contribution in [1.82, 2.24) is 0 Å². The van der Waals surface area contributed by atoms with E-state index in [1.807, 2.05) is 6.08 Å². The molecular weight excluding hydrogens is 997 g/mol. The molecule has 0 aromatic rings. The maximum absolute atomic E-state index is 13.2. The first kappa shape index (κ1) is 72.1. The molecule has 0 aliphatic carbocycles. The Hall–Kier alpha value is -4.88. The van der Waals surface area contributed by atoms with Gasteiger partial charge in [-0.3, -0.25) is 14.4 Å². The molecule has 1 aliphatic heterocycles.